The van der Waals surface area contributed by atoms with Gasteiger partial charge in [0.25, 0.3) is 0 Å². The number of benzene rings is 1. The van der Waals surface area contributed by atoms with E-state index in [9.17, 15) is 14.0 Å². The third-order valence-electron chi connectivity index (χ3n) is 2.37. The molecule has 0 fully saturated rings. The second kappa shape index (κ2) is 7.78. The molecule has 19 heavy (non-hydrogen) atoms. The Balaban J connectivity index is 2.23. The van der Waals surface area contributed by atoms with Gasteiger partial charge in [-0.3, -0.25) is 9.59 Å². The van der Waals surface area contributed by atoms with Crippen LogP contribution in [0.2, 0.25) is 0 Å². The van der Waals surface area contributed by atoms with Gasteiger partial charge in [0.2, 0.25) is 5.91 Å². The third-order valence-corrected chi connectivity index (χ3v) is 3.60. The predicted molar refractivity (Wildman–Crippen MR) is 73.8 cm³/mol. The lowest BCUT2D eigenvalue weighted by Gasteiger charge is -2.07. The van der Waals surface area contributed by atoms with E-state index in [0.29, 0.717) is 17.2 Å². The van der Waals surface area contributed by atoms with E-state index in [4.69, 9.17) is 5.11 Å². The van der Waals surface area contributed by atoms with Gasteiger partial charge in [-0.15, -0.1) is 0 Å². The highest BCUT2D eigenvalue weighted by atomic mass is 32.2. The summed E-state index contributed by atoms with van der Waals surface area (Å²) >= 11 is 1.42. The van der Waals surface area contributed by atoms with Crippen molar-refractivity contribution in [2.45, 2.75) is 13.3 Å². The Kier molecular flexibility index (Phi) is 6.35. The van der Waals surface area contributed by atoms with Crippen molar-refractivity contribution in [3.8, 4) is 0 Å². The molecule has 4 nitrogen and oxygen atoms in total. The predicted octanol–water partition coefficient (Wildman–Crippen LogP) is 2.61. The Morgan fingerprint density at radius 3 is 2.84 bits per heavy atom. The number of halogens is 1. The van der Waals surface area contributed by atoms with E-state index in [1.807, 2.05) is 0 Å². The summed E-state index contributed by atoms with van der Waals surface area (Å²) in [6.07, 6.45) is 0.271. The summed E-state index contributed by atoms with van der Waals surface area (Å²) in [5, 5.41) is 11.3. The Hall–Kier alpha value is -1.56. The smallest absolute Gasteiger partial charge is 0.307 e. The SMILES string of the molecule is CC(CSCCC(=O)Nc1cccc(F)c1)C(=O)O. The summed E-state index contributed by atoms with van der Waals surface area (Å²) < 4.78 is 12.9. The largest absolute Gasteiger partial charge is 0.481 e. The van der Waals surface area contributed by atoms with Gasteiger partial charge >= 0.3 is 5.97 Å². The van der Waals surface area contributed by atoms with Crippen LogP contribution in [0.4, 0.5) is 10.1 Å². The molecule has 0 heterocycles. The van der Waals surface area contributed by atoms with Gasteiger partial charge in [0.1, 0.15) is 5.82 Å². The van der Waals surface area contributed by atoms with Crippen molar-refractivity contribution in [1.82, 2.24) is 0 Å². The highest BCUT2D eigenvalue weighted by molar-refractivity contribution is 7.99. The molecule has 1 aromatic rings. The number of carbonyl (C=O) groups is 2. The molecule has 1 unspecified atom stereocenters. The number of carboxylic acid groups (broad SMARTS) is 1. The Bertz CT molecular complexity index is 453. The van der Waals surface area contributed by atoms with Crippen molar-refractivity contribution in [1.29, 1.82) is 0 Å². The fraction of sp³-hybridized carbons (Fsp3) is 0.385. The number of aliphatic carboxylic acids is 1. The van der Waals surface area contributed by atoms with Crippen molar-refractivity contribution in [2.24, 2.45) is 5.92 Å². The van der Waals surface area contributed by atoms with Gasteiger partial charge in [0.05, 0.1) is 5.92 Å². The lowest BCUT2D eigenvalue weighted by atomic mass is 10.2. The van der Waals surface area contributed by atoms with Crippen LogP contribution < -0.4 is 5.32 Å². The number of thioether (sulfide) groups is 1. The number of nitrogens with one attached hydrogen (secondary N) is 1. The zero-order valence-corrected chi connectivity index (χ0v) is 11.4. The summed E-state index contributed by atoms with van der Waals surface area (Å²) in [4.78, 5) is 22.1. The van der Waals surface area contributed by atoms with Gasteiger partial charge in [-0.25, -0.2) is 4.39 Å². The van der Waals surface area contributed by atoms with Crippen molar-refractivity contribution >= 4 is 29.3 Å². The first-order valence-electron chi connectivity index (χ1n) is 5.85. The highest BCUT2D eigenvalue weighted by Crippen LogP contribution is 2.12. The van der Waals surface area contributed by atoms with Gasteiger partial charge in [-0.2, -0.15) is 11.8 Å². The van der Waals surface area contributed by atoms with Crippen LogP contribution in [0.25, 0.3) is 0 Å². The van der Waals surface area contributed by atoms with Crippen LogP contribution in [0.1, 0.15) is 13.3 Å². The zero-order valence-electron chi connectivity index (χ0n) is 10.6. The standard InChI is InChI=1S/C13H16FNO3S/c1-9(13(17)18)8-19-6-5-12(16)15-11-4-2-3-10(14)7-11/h2-4,7,9H,5-6,8H2,1H3,(H,15,16)(H,17,18). The summed E-state index contributed by atoms with van der Waals surface area (Å²) in [6, 6.07) is 5.69. The number of hydrogen-bond donors (Lipinski definition) is 2. The van der Waals surface area contributed by atoms with Crippen LogP contribution in [0.5, 0.6) is 0 Å². The maximum atomic E-state index is 12.9. The Morgan fingerprint density at radius 1 is 1.47 bits per heavy atom. The molecule has 0 saturated carbocycles. The first kappa shape index (κ1) is 15.5. The molecule has 0 spiro atoms. The summed E-state index contributed by atoms with van der Waals surface area (Å²) in [5.41, 5.74) is 0.425. The lowest BCUT2D eigenvalue weighted by Crippen LogP contribution is -2.14. The van der Waals surface area contributed by atoms with Crippen LogP contribution in [-0.4, -0.2) is 28.5 Å². The topological polar surface area (TPSA) is 66.4 Å². The van der Waals surface area contributed by atoms with Crippen LogP contribution in [0.3, 0.4) is 0 Å². The van der Waals surface area contributed by atoms with Gasteiger partial charge in [0, 0.05) is 23.6 Å². The molecule has 0 aliphatic rings. The first-order valence-corrected chi connectivity index (χ1v) is 7.00. The second-order valence-electron chi connectivity index (χ2n) is 4.12. The fourth-order valence-corrected chi connectivity index (χ4v) is 2.28. The molecule has 6 heteroatoms. The van der Waals surface area contributed by atoms with Crippen LogP contribution in [0.15, 0.2) is 24.3 Å². The number of anilines is 1. The van der Waals surface area contributed by atoms with E-state index in [1.165, 1.54) is 30.0 Å². The Labute approximate surface area is 115 Å². The molecule has 0 radical (unpaired) electrons. The number of hydrogen-bond acceptors (Lipinski definition) is 3. The first-order chi connectivity index (χ1) is 8.99. The average Bonchev–Trinajstić information content (AvgIpc) is 2.34. The molecular weight excluding hydrogens is 269 g/mol. The summed E-state index contributed by atoms with van der Waals surface area (Å²) in [5.74, 6) is -0.849. The number of carboxylic acids is 1. The molecule has 0 saturated heterocycles. The van der Waals surface area contributed by atoms with Gasteiger partial charge < -0.3 is 10.4 Å². The zero-order chi connectivity index (χ0) is 14.3. The van der Waals surface area contributed by atoms with Crippen molar-refractivity contribution < 1.29 is 19.1 Å². The molecule has 104 valence electrons. The molecule has 1 aromatic carbocycles. The van der Waals surface area contributed by atoms with Gasteiger partial charge in [-0.1, -0.05) is 13.0 Å². The maximum Gasteiger partial charge on any atom is 0.307 e. The number of rotatable bonds is 7. The third kappa shape index (κ3) is 6.24. The van der Waals surface area contributed by atoms with Crippen LogP contribution in [-0.2, 0) is 9.59 Å². The minimum absolute atomic E-state index is 0.207. The average molecular weight is 285 g/mol. The molecule has 2 N–H and O–H groups in total. The molecule has 0 aliphatic carbocycles. The van der Waals surface area contributed by atoms with Crippen LogP contribution in [0, 0.1) is 11.7 Å². The van der Waals surface area contributed by atoms with Gasteiger partial charge in [0.15, 0.2) is 0 Å². The monoisotopic (exact) mass is 285 g/mol. The molecule has 0 aromatic heterocycles. The minimum Gasteiger partial charge on any atom is -0.481 e. The van der Waals surface area contributed by atoms with Crippen molar-refractivity contribution in [3.63, 3.8) is 0 Å². The Morgan fingerprint density at radius 2 is 2.21 bits per heavy atom. The lowest BCUT2D eigenvalue weighted by molar-refractivity contribution is -0.140. The molecule has 0 aliphatic heterocycles. The van der Waals surface area contributed by atoms with E-state index >= 15 is 0 Å². The number of amides is 1. The highest BCUT2D eigenvalue weighted by Gasteiger charge is 2.10. The van der Waals surface area contributed by atoms with E-state index in [0.717, 1.165) is 0 Å². The fourth-order valence-electron chi connectivity index (χ4n) is 1.29. The maximum absolute atomic E-state index is 12.9. The summed E-state index contributed by atoms with van der Waals surface area (Å²) in [6.45, 7) is 1.63. The normalized spacial score (nSPS) is 11.9. The quantitative estimate of drug-likeness (QED) is 0.756. The molecule has 0 bridgehead atoms. The van der Waals surface area contributed by atoms with Crippen molar-refractivity contribution in [2.75, 3.05) is 16.8 Å². The number of carbonyl (C=O) groups excluding carboxylic acids is 1. The molecular formula is C13H16FNO3S. The van der Waals surface area contributed by atoms with Gasteiger partial charge in [-0.05, 0) is 18.2 Å². The van der Waals surface area contributed by atoms with E-state index in [1.54, 1.807) is 13.0 Å². The van der Waals surface area contributed by atoms with E-state index in [2.05, 4.69) is 5.32 Å². The van der Waals surface area contributed by atoms with Crippen molar-refractivity contribution in [3.05, 3.63) is 30.1 Å². The molecule has 1 atom stereocenters. The minimum atomic E-state index is -0.836. The molecule has 1 amide bonds. The van der Waals surface area contributed by atoms with Crippen LogP contribution >= 0.6 is 11.8 Å². The second-order valence-corrected chi connectivity index (χ2v) is 5.27. The summed E-state index contributed by atoms with van der Waals surface area (Å²) in [7, 11) is 0. The van der Waals surface area contributed by atoms with E-state index < -0.39 is 17.7 Å². The van der Waals surface area contributed by atoms with E-state index in [-0.39, 0.29) is 12.3 Å². The molecule has 1 rings (SSSR count).